The van der Waals surface area contributed by atoms with E-state index in [1.54, 1.807) is 0 Å². The summed E-state index contributed by atoms with van der Waals surface area (Å²) in [6.45, 7) is 0. The van der Waals surface area contributed by atoms with Crippen molar-refractivity contribution in [3.05, 3.63) is 70.2 Å². The number of hydrogen-bond donors (Lipinski definition) is 1. The minimum absolute atomic E-state index is 0.347. The van der Waals surface area contributed by atoms with Crippen LogP contribution in [0.1, 0.15) is 47.9 Å². The summed E-state index contributed by atoms with van der Waals surface area (Å²) < 4.78 is 0. The molecule has 0 amide bonds. The van der Waals surface area contributed by atoms with Crippen molar-refractivity contribution in [2.75, 3.05) is 7.05 Å². The van der Waals surface area contributed by atoms with E-state index in [0.717, 1.165) is 17.4 Å². The maximum Gasteiger partial charge on any atom is 0.0408 e. The van der Waals surface area contributed by atoms with Crippen LogP contribution in [0.2, 0.25) is 5.02 Å². The molecular weight excluding hydrogens is 278 g/mol. The number of hydrogen-bond acceptors (Lipinski definition) is 1. The predicted molar refractivity (Wildman–Crippen MR) is 90.0 cm³/mol. The second-order valence-electron chi connectivity index (χ2n) is 5.93. The quantitative estimate of drug-likeness (QED) is 0.809. The normalized spacial score (nSPS) is 16.5. The van der Waals surface area contributed by atoms with Gasteiger partial charge in [0.2, 0.25) is 0 Å². The summed E-state index contributed by atoms with van der Waals surface area (Å²) in [6.07, 6.45) is 5.02. The molecule has 2 aromatic carbocycles. The van der Waals surface area contributed by atoms with E-state index in [0.29, 0.717) is 6.04 Å². The number of rotatable bonds is 5. The lowest BCUT2D eigenvalue weighted by atomic mass is 9.76. The Hall–Kier alpha value is -1.31. The molecule has 0 aliphatic heterocycles. The van der Waals surface area contributed by atoms with Gasteiger partial charge in [-0.3, -0.25) is 0 Å². The van der Waals surface area contributed by atoms with E-state index in [4.69, 9.17) is 11.6 Å². The van der Waals surface area contributed by atoms with E-state index >= 15 is 0 Å². The van der Waals surface area contributed by atoms with Gasteiger partial charge in [0.1, 0.15) is 0 Å². The Labute approximate surface area is 132 Å². The molecular formula is C19H22ClN. The van der Waals surface area contributed by atoms with Crippen LogP contribution in [0.25, 0.3) is 0 Å². The lowest BCUT2D eigenvalue weighted by Gasteiger charge is -2.30. The molecule has 110 valence electrons. The Morgan fingerprint density at radius 2 is 1.95 bits per heavy atom. The molecule has 1 fully saturated rings. The molecule has 1 nitrogen and oxygen atoms in total. The van der Waals surface area contributed by atoms with E-state index in [9.17, 15) is 0 Å². The minimum atomic E-state index is 0.347. The van der Waals surface area contributed by atoms with Gasteiger partial charge in [0.05, 0.1) is 0 Å². The van der Waals surface area contributed by atoms with Gasteiger partial charge in [-0.15, -0.1) is 0 Å². The van der Waals surface area contributed by atoms with Crippen molar-refractivity contribution in [1.29, 1.82) is 0 Å². The van der Waals surface area contributed by atoms with Crippen molar-refractivity contribution >= 4 is 11.6 Å². The molecule has 1 atom stereocenters. The van der Waals surface area contributed by atoms with E-state index in [1.165, 1.54) is 36.0 Å². The zero-order valence-corrected chi connectivity index (χ0v) is 13.2. The van der Waals surface area contributed by atoms with E-state index in [1.807, 2.05) is 19.2 Å². The first kappa shape index (κ1) is 14.6. The van der Waals surface area contributed by atoms with Crippen molar-refractivity contribution in [3.8, 4) is 0 Å². The lowest BCUT2D eigenvalue weighted by Crippen LogP contribution is -2.22. The van der Waals surface area contributed by atoms with Gasteiger partial charge in [-0.25, -0.2) is 0 Å². The Balaban J connectivity index is 1.86. The van der Waals surface area contributed by atoms with Crippen LogP contribution in [0.4, 0.5) is 0 Å². The fraction of sp³-hybridized carbons (Fsp3) is 0.368. The Bertz CT molecular complexity index is 604. The molecule has 2 aromatic rings. The third-order valence-electron chi connectivity index (χ3n) is 4.59. The third kappa shape index (κ3) is 3.30. The summed E-state index contributed by atoms with van der Waals surface area (Å²) in [4.78, 5) is 0. The van der Waals surface area contributed by atoms with Crippen molar-refractivity contribution in [2.24, 2.45) is 0 Å². The molecule has 0 aromatic heterocycles. The van der Waals surface area contributed by atoms with E-state index in [-0.39, 0.29) is 0 Å². The SMILES string of the molecule is CNC(Cc1cccc(Cl)c1)c1ccccc1C1CCC1. The highest BCUT2D eigenvalue weighted by Crippen LogP contribution is 2.39. The van der Waals surface area contributed by atoms with Crippen molar-refractivity contribution in [1.82, 2.24) is 5.32 Å². The molecule has 3 rings (SSSR count). The summed E-state index contributed by atoms with van der Waals surface area (Å²) in [5.41, 5.74) is 4.26. The van der Waals surface area contributed by atoms with Gasteiger partial charge in [0, 0.05) is 11.1 Å². The first-order valence-electron chi connectivity index (χ1n) is 7.78. The average Bonchev–Trinajstić information content (AvgIpc) is 2.44. The third-order valence-corrected chi connectivity index (χ3v) is 4.83. The van der Waals surface area contributed by atoms with Crippen LogP contribution >= 0.6 is 11.6 Å². The van der Waals surface area contributed by atoms with Crippen LogP contribution < -0.4 is 5.32 Å². The highest BCUT2D eigenvalue weighted by molar-refractivity contribution is 6.30. The van der Waals surface area contributed by atoms with Gasteiger partial charge < -0.3 is 5.32 Å². The molecule has 1 unspecified atom stereocenters. The Kier molecular flexibility index (Phi) is 4.62. The highest BCUT2D eigenvalue weighted by Gasteiger charge is 2.24. The van der Waals surface area contributed by atoms with Crippen molar-refractivity contribution < 1.29 is 0 Å². The molecule has 1 aliphatic carbocycles. The van der Waals surface area contributed by atoms with Gasteiger partial charge in [-0.2, -0.15) is 0 Å². The maximum absolute atomic E-state index is 6.11. The zero-order chi connectivity index (χ0) is 14.7. The van der Waals surface area contributed by atoms with Gasteiger partial charge in [-0.1, -0.05) is 54.4 Å². The molecule has 1 N–H and O–H groups in total. The summed E-state index contributed by atoms with van der Waals surface area (Å²) in [6, 6.07) is 17.4. The summed E-state index contributed by atoms with van der Waals surface area (Å²) in [5.74, 6) is 0.761. The Morgan fingerprint density at radius 1 is 1.14 bits per heavy atom. The molecule has 21 heavy (non-hydrogen) atoms. The topological polar surface area (TPSA) is 12.0 Å². The maximum atomic E-state index is 6.11. The van der Waals surface area contributed by atoms with Crippen molar-refractivity contribution in [2.45, 2.75) is 37.6 Å². The smallest absolute Gasteiger partial charge is 0.0408 e. The number of nitrogens with one attached hydrogen (secondary N) is 1. The monoisotopic (exact) mass is 299 g/mol. The molecule has 0 saturated heterocycles. The average molecular weight is 300 g/mol. The van der Waals surface area contributed by atoms with Gasteiger partial charge in [-0.05, 0) is 61.1 Å². The first-order valence-corrected chi connectivity index (χ1v) is 8.16. The summed E-state index contributed by atoms with van der Waals surface area (Å²) >= 11 is 6.11. The molecule has 0 spiro atoms. The molecule has 1 saturated carbocycles. The lowest BCUT2D eigenvalue weighted by molar-refractivity contribution is 0.412. The fourth-order valence-corrected chi connectivity index (χ4v) is 3.40. The van der Waals surface area contributed by atoms with Crippen LogP contribution in [-0.4, -0.2) is 7.05 Å². The van der Waals surface area contributed by atoms with Crippen LogP contribution in [-0.2, 0) is 6.42 Å². The number of benzene rings is 2. The zero-order valence-electron chi connectivity index (χ0n) is 12.5. The second kappa shape index (κ2) is 6.64. The molecule has 2 heteroatoms. The van der Waals surface area contributed by atoms with Crippen LogP contribution in [0.3, 0.4) is 0 Å². The minimum Gasteiger partial charge on any atom is -0.313 e. The second-order valence-corrected chi connectivity index (χ2v) is 6.37. The standard InChI is InChI=1S/C19H22ClN/c1-21-19(13-14-6-4-9-16(20)12-14)18-11-3-2-10-17(18)15-7-5-8-15/h2-4,6,9-12,15,19,21H,5,7-8,13H2,1H3. The molecule has 0 bridgehead atoms. The van der Waals surface area contributed by atoms with Crippen LogP contribution in [0.15, 0.2) is 48.5 Å². The number of halogens is 1. The first-order chi connectivity index (χ1) is 10.3. The van der Waals surface area contributed by atoms with Gasteiger partial charge in [0.15, 0.2) is 0 Å². The summed E-state index contributed by atoms with van der Waals surface area (Å²) in [7, 11) is 2.05. The number of likely N-dealkylation sites (N-methyl/N-ethyl adjacent to an activating group) is 1. The van der Waals surface area contributed by atoms with E-state index in [2.05, 4.69) is 41.7 Å². The molecule has 0 radical (unpaired) electrons. The van der Waals surface area contributed by atoms with E-state index < -0.39 is 0 Å². The fourth-order valence-electron chi connectivity index (χ4n) is 3.19. The summed E-state index contributed by atoms with van der Waals surface area (Å²) in [5, 5.41) is 4.30. The molecule has 0 heterocycles. The highest BCUT2D eigenvalue weighted by atomic mass is 35.5. The molecule has 1 aliphatic rings. The largest absolute Gasteiger partial charge is 0.313 e. The van der Waals surface area contributed by atoms with Crippen molar-refractivity contribution in [3.63, 3.8) is 0 Å². The van der Waals surface area contributed by atoms with Crippen LogP contribution in [0, 0.1) is 0 Å². The predicted octanol–water partition coefficient (Wildman–Crippen LogP) is 5.11. The van der Waals surface area contributed by atoms with Crippen LogP contribution in [0.5, 0.6) is 0 Å². The van der Waals surface area contributed by atoms with Gasteiger partial charge >= 0.3 is 0 Å². The Morgan fingerprint density at radius 3 is 2.62 bits per heavy atom. The van der Waals surface area contributed by atoms with Gasteiger partial charge in [0.25, 0.3) is 0 Å².